The number of nitrogens with zero attached hydrogens (tertiary/aromatic N) is 5. The number of rotatable bonds is 2. The molecule has 1 fully saturated rings. The van der Waals surface area contributed by atoms with E-state index in [0.717, 1.165) is 27.1 Å². The lowest BCUT2D eigenvalue weighted by Gasteiger charge is -2.22. The number of fused-ring (bicyclic) bond motifs is 1. The second-order valence-electron chi connectivity index (χ2n) is 4.79. The fourth-order valence-corrected chi connectivity index (χ4v) is 3.99. The molecule has 3 aromatic rings. The van der Waals surface area contributed by atoms with Gasteiger partial charge in [-0.2, -0.15) is 14.0 Å². The fourth-order valence-electron chi connectivity index (χ4n) is 2.30. The van der Waals surface area contributed by atoms with E-state index >= 15 is 0 Å². The Bertz CT molecular complexity index is 731. The van der Waals surface area contributed by atoms with Gasteiger partial charge in [-0.3, -0.25) is 0 Å². The van der Waals surface area contributed by atoms with Crippen LogP contribution in [0.5, 0.6) is 0 Å². The van der Waals surface area contributed by atoms with Crippen molar-refractivity contribution < 1.29 is 0 Å². The Morgan fingerprint density at radius 1 is 1.32 bits per heavy atom. The standard InChI is InChI=1S/C11H12N6S2/c1-5-7(8(12)19-16-5)10-15-17-9(6-3-2-4-6)13-14-11(17)18-10/h6H,2-4,12H2,1H3. The molecule has 0 radical (unpaired) electrons. The highest BCUT2D eigenvalue weighted by Gasteiger charge is 2.27. The van der Waals surface area contributed by atoms with Gasteiger partial charge < -0.3 is 5.73 Å². The molecule has 0 spiro atoms. The molecule has 0 atom stereocenters. The van der Waals surface area contributed by atoms with Gasteiger partial charge in [-0.25, -0.2) is 0 Å². The number of aryl methyl sites for hydroxylation is 1. The van der Waals surface area contributed by atoms with Crippen molar-refractivity contribution in [3.8, 4) is 10.6 Å². The molecule has 1 aliphatic rings. The maximum Gasteiger partial charge on any atom is 0.234 e. The van der Waals surface area contributed by atoms with Gasteiger partial charge in [-0.1, -0.05) is 17.8 Å². The van der Waals surface area contributed by atoms with Crippen molar-refractivity contribution in [2.75, 3.05) is 5.73 Å². The summed E-state index contributed by atoms with van der Waals surface area (Å²) in [6.07, 6.45) is 3.65. The van der Waals surface area contributed by atoms with Crippen LogP contribution >= 0.6 is 22.9 Å². The second-order valence-corrected chi connectivity index (χ2v) is 6.56. The molecule has 98 valence electrons. The molecule has 3 heterocycles. The summed E-state index contributed by atoms with van der Waals surface area (Å²) >= 11 is 2.83. The highest BCUT2D eigenvalue weighted by molar-refractivity contribution is 7.20. The van der Waals surface area contributed by atoms with Crippen molar-refractivity contribution in [2.24, 2.45) is 0 Å². The number of anilines is 1. The number of nitrogens with two attached hydrogens (primary N) is 1. The summed E-state index contributed by atoms with van der Waals surface area (Å²) in [5.74, 6) is 1.51. The number of aromatic nitrogens is 5. The highest BCUT2D eigenvalue weighted by Crippen LogP contribution is 2.38. The Morgan fingerprint density at radius 3 is 2.79 bits per heavy atom. The minimum atomic E-state index is 0.518. The van der Waals surface area contributed by atoms with E-state index in [9.17, 15) is 0 Å². The molecule has 6 nitrogen and oxygen atoms in total. The lowest BCUT2D eigenvalue weighted by molar-refractivity contribution is 0.395. The zero-order valence-corrected chi connectivity index (χ0v) is 12.0. The molecule has 0 bridgehead atoms. The maximum atomic E-state index is 5.98. The quantitative estimate of drug-likeness (QED) is 0.784. The van der Waals surface area contributed by atoms with Gasteiger partial charge in [0.1, 0.15) is 5.00 Å². The summed E-state index contributed by atoms with van der Waals surface area (Å²) in [7, 11) is 0. The topological polar surface area (TPSA) is 82.0 Å². The molecule has 1 saturated carbocycles. The van der Waals surface area contributed by atoms with Gasteiger partial charge in [0.05, 0.1) is 11.3 Å². The van der Waals surface area contributed by atoms with E-state index in [1.54, 1.807) is 0 Å². The van der Waals surface area contributed by atoms with Crippen LogP contribution < -0.4 is 5.73 Å². The molecule has 1 aliphatic carbocycles. The molecule has 3 aromatic heterocycles. The van der Waals surface area contributed by atoms with Gasteiger partial charge >= 0.3 is 0 Å². The third kappa shape index (κ3) is 1.59. The van der Waals surface area contributed by atoms with E-state index in [1.807, 2.05) is 11.4 Å². The average Bonchev–Trinajstić information content (AvgIpc) is 2.94. The van der Waals surface area contributed by atoms with Crippen molar-refractivity contribution in [3.63, 3.8) is 0 Å². The Balaban J connectivity index is 1.86. The Labute approximate surface area is 117 Å². The lowest BCUT2D eigenvalue weighted by atomic mass is 9.85. The third-order valence-electron chi connectivity index (χ3n) is 3.59. The van der Waals surface area contributed by atoms with Crippen LogP contribution in [0.25, 0.3) is 15.5 Å². The minimum absolute atomic E-state index is 0.518. The number of nitrogen functional groups attached to an aromatic ring is 1. The van der Waals surface area contributed by atoms with Crippen molar-refractivity contribution in [1.82, 2.24) is 24.2 Å². The molecule has 0 saturated heterocycles. The van der Waals surface area contributed by atoms with Crippen LogP contribution in [0.1, 0.15) is 36.7 Å². The first-order chi connectivity index (χ1) is 9.24. The van der Waals surface area contributed by atoms with E-state index < -0.39 is 0 Å². The van der Waals surface area contributed by atoms with Crippen LogP contribution in [0.4, 0.5) is 5.00 Å². The predicted molar refractivity (Wildman–Crippen MR) is 75.5 cm³/mol. The van der Waals surface area contributed by atoms with Crippen molar-refractivity contribution in [2.45, 2.75) is 32.1 Å². The van der Waals surface area contributed by atoms with Crippen molar-refractivity contribution in [3.05, 3.63) is 11.5 Å². The molecular weight excluding hydrogens is 280 g/mol. The summed E-state index contributed by atoms with van der Waals surface area (Å²) in [5, 5.41) is 14.7. The molecule has 8 heteroatoms. The smallest absolute Gasteiger partial charge is 0.234 e. The van der Waals surface area contributed by atoms with Crippen LogP contribution in [-0.2, 0) is 0 Å². The molecule has 19 heavy (non-hydrogen) atoms. The van der Waals surface area contributed by atoms with Gasteiger partial charge in [0, 0.05) is 5.92 Å². The molecule has 0 unspecified atom stereocenters. The molecule has 0 amide bonds. The Kier molecular flexibility index (Phi) is 2.36. The number of hydrogen-bond donors (Lipinski definition) is 1. The van der Waals surface area contributed by atoms with Crippen LogP contribution in [0.15, 0.2) is 0 Å². The zero-order chi connectivity index (χ0) is 13.0. The van der Waals surface area contributed by atoms with Gasteiger partial charge in [-0.15, -0.1) is 10.2 Å². The SMILES string of the molecule is Cc1nsc(N)c1-c1nn2c(C3CCC3)nnc2s1. The first kappa shape index (κ1) is 11.3. The maximum absolute atomic E-state index is 5.98. The van der Waals surface area contributed by atoms with E-state index in [1.165, 1.54) is 42.1 Å². The van der Waals surface area contributed by atoms with Crippen molar-refractivity contribution >= 4 is 32.8 Å². The minimum Gasteiger partial charge on any atom is -0.389 e. The van der Waals surface area contributed by atoms with Gasteiger partial charge in [-0.05, 0) is 31.3 Å². The van der Waals surface area contributed by atoms with E-state index in [0.29, 0.717) is 10.9 Å². The Hall–Kier alpha value is -1.54. The summed E-state index contributed by atoms with van der Waals surface area (Å²) in [5.41, 5.74) is 7.85. The zero-order valence-electron chi connectivity index (χ0n) is 10.3. The summed E-state index contributed by atoms with van der Waals surface area (Å²) in [4.78, 5) is 0.835. The molecule has 0 aromatic carbocycles. The summed E-state index contributed by atoms with van der Waals surface area (Å²) in [6.45, 7) is 1.96. The molecule has 2 N–H and O–H groups in total. The Morgan fingerprint density at radius 2 is 2.16 bits per heavy atom. The average molecular weight is 292 g/mol. The van der Waals surface area contributed by atoms with Crippen LogP contribution in [0, 0.1) is 6.92 Å². The summed E-state index contributed by atoms with van der Waals surface area (Å²) < 4.78 is 6.15. The van der Waals surface area contributed by atoms with Crippen molar-refractivity contribution in [1.29, 1.82) is 0 Å². The highest BCUT2D eigenvalue weighted by atomic mass is 32.1. The molecular formula is C11H12N6S2. The second kappa shape index (κ2) is 3.97. The largest absolute Gasteiger partial charge is 0.389 e. The van der Waals surface area contributed by atoms with Gasteiger partial charge in [0.2, 0.25) is 4.96 Å². The first-order valence-corrected chi connectivity index (χ1v) is 7.77. The molecule has 4 rings (SSSR count). The van der Waals surface area contributed by atoms with E-state index in [4.69, 9.17) is 5.73 Å². The summed E-state index contributed by atoms with van der Waals surface area (Å²) in [6, 6.07) is 0. The predicted octanol–water partition coefficient (Wildman–Crippen LogP) is 2.47. The van der Waals surface area contributed by atoms with E-state index in [2.05, 4.69) is 19.7 Å². The fraction of sp³-hybridized carbons (Fsp3) is 0.455. The number of hydrogen-bond acceptors (Lipinski definition) is 7. The van der Waals surface area contributed by atoms with E-state index in [-0.39, 0.29) is 0 Å². The third-order valence-corrected chi connectivity index (χ3v) is 5.27. The molecule has 0 aliphatic heterocycles. The van der Waals surface area contributed by atoms with Crippen LogP contribution in [0.2, 0.25) is 0 Å². The normalized spacial score (nSPS) is 16.1. The first-order valence-electron chi connectivity index (χ1n) is 6.18. The van der Waals surface area contributed by atoms with Crippen LogP contribution in [-0.4, -0.2) is 24.2 Å². The lowest BCUT2D eigenvalue weighted by Crippen LogP contribution is -2.13. The monoisotopic (exact) mass is 292 g/mol. The van der Waals surface area contributed by atoms with Gasteiger partial charge in [0.15, 0.2) is 10.8 Å². The van der Waals surface area contributed by atoms with Crippen LogP contribution in [0.3, 0.4) is 0 Å². The van der Waals surface area contributed by atoms with Gasteiger partial charge in [0.25, 0.3) is 0 Å².